The summed E-state index contributed by atoms with van der Waals surface area (Å²) in [5.74, 6) is 6.73. The number of esters is 1. The highest BCUT2D eigenvalue weighted by molar-refractivity contribution is 7.81. The van der Waals surface area contributed by atoms with Gasteiger partial charge in [0.25, 0.3) is 5.91 Å². The quantitative estimate of drug-likeness (QED) is 0.0561. The first-order chi connectivity index (χ1) is 26.9. The second kappa shape index (κ2) is 24.8. The third-order valence-corrected chi connectivity index (χ3v) is 12.3. The van der Waals surface area contributed by atoms with Crippen LogP contribution in [0.2, 0.25) is 0 Å². The number of carbonyl (C=O) groups is 3. The highest BCUT2D eigenvalue weighted by atomic mass is 32.2. The van der Waals surface area contributed by atoms with Crippen LogP contribution in [-0.2, 0) is 36.5 Å². The van der Waals surface area contributed by atoms with E-state index in [1.807, 2.05) is 34.5 Å². The number of aryl methyl sites for hydroxylation is 2. The van der Waals surface area contributed by atoms with E-state index in [1.54, 1.807) is 16.2 Å². The summed E-state index contributed by atoms with van der Waals surface area (Å²) in [6.45, 7) is 14.8. The molecule has 3 heterocycles. The summed E-state index contributed by atoms with van der Waals surface area (Å²) >= 11 is 0. The molecule has 3 aliphatic rings. The van der Waals surface area contributed by atoms with Crippen LogP contribution in [-0.4, -0.2) is 102 Å². The molecule has 314 valence electrons. The number of hydrogen-bond acceptors (Lipinski definition) is 9. The van der Waals surface area contributed by atoms with Crippen LogP contribution in [0, 0.1) is 25.7 Å². The van der Waals surface area contributed by atoms with E-state index < -0.39 is 17.0 Å². The largest absolute Gasteiger partial charge is 0.456 e. The van der Waals surface area contributed by atoms with Gasteiger partial charge in [0.1, 0.15) is 0 Å². The fraction of sp³-hybridized carbons (Fsp3) is 0.651. The fourth-order valence-electron chi connectivity index (χ4n) is 8.13. The van der Waals surface area contributed by atoms with Crippen LogP contribution in [0.15, 0.2) is 36.4 Å². The van der Waals surface area contributed by atoms with Crippen molar-refractivity contribution in [2.24, 2.45) is 17.7 Å². The minimum atomic E-state index is -0.851. The SMILES string of the molecule is CC(=O)OCC(=O)N1CCC(C2CCN(S(C)=O)CC2)CC1.CCCCCC(CCC)N(C=O)CCc1ccccc1N(C)N.Cc1cc(C)c2c(c1)NCN2. The van der Waals surface area contributed by atoms with Crippen molar-refractivity contribution < 1.29 is 23.3 Å². The number of anilines is 3. The summed E-state index contributed by atoms with van der Waals surface area (Å²) in [6, 6.07) is 12.9. The van der Waals surface area contributed by atoms with Crippen molar-refractivity contribution >= 4 is 46.3 Å². The average molecular weight is 798 g/mol. The van der Waals surface area contributed by atoms with Crippen LogP contribution in [0.5, 0.6) is 0 Å². The second-order valence-electron chi connectivity index (χ2n) is 15.5. The fourth-order valence-corrected chi connectivity index (χ4v) is 8.85. The molecule has 0 saturated carbocycles. The van der Waals surface area contributed by atoms with Crippen LogP contribution in [0.25, 0.3) is 0 Å². The van der Waals surface area contributed by atoms with Gasteiger partial charge in [0.2, 0.25) is 6.41 Å². The van der Waals surface area contributed by atoms with Gasteiger partial charge in [-0.15, -0.1) is 0 Å². The summed E-state index contributed by atoms with van der Waals surface area (Å²) in [5, 5.41) is 8.20. The van der Waals surface area contributed by atoms with Crippen LogP contribution in [0.1, 0.15) is 102 Å². The Morgan fingerprint density at radius 2 is 1.64 bits per heavy atom. The lowest BCUT2D eigenvalue weighted by Crippen LogP contribution is -2.44. The first-order valence-electron chi connectivity index (χ1n) is 20.7. The van der Waals surface area contributed by atoms with E-state index in [1.165, 1.54) is 54.3 Å². The molecule has 2 unspecified atom stereocenters. The molecule has 2 amide bonds. The minimum absolute atomic E-state index is 0.0927. The third-order valence-electron chi connectivity index (χ3n) is 11.2. The van der Waals surface area contributed by atoms with Gasteiger partial charge < -0.3 is 30.2 Å². The monoisotopic (exact) mass is 798 g/mol. The Kier molecular flexibility index (Phi) is 20.7. The molecular formula is C43H71N7O5S. The number of carbonyl (C=O) groups excluding carboxylic acids is 3. The van der Waals surface area contributed by atoms with E-state index in [-0.39, 0.29) is 12.5 Å². The number of piperidine rings is 2. The summed E-state index contributed by atoms with van der Waals surface area (Å²) in [4.78, 5) is 38.0. The Bertz CT molecular complexity index is 1530. The molecule has 5 rings (SSSR count). The van der Waals surface area contributed by atoms with Crippen molar-refractivity contribution in [1.82, 2.24) is 14.1 Å². The second-order valence-corrected chi connectivity index (χ2v) is 16.9. The molecule has 2 aromatic rings. The lowest BCUT2D eigenvalue weighted by molar-refractivity contribution is -0.151. The molecule has 12 nitrogen and oxygen atoms in total. The van der Waals surface area contributed by atoms with Crippen LogP contribution in [0.3, 0.4) is 0 Å². The van der Waals surface area contributed by atoms with Crippen LogP contribution < -0.4 is 21.5 Å². The molecule has 0 radical (unpaired) electrons. The highest BCUT2D eigenvalue weighted by Gasteiger charge is 2.31. The Hall–Kier alpha value is -3.68. The number of rotatable bonds is 16. The van der Waals surface area contributed by atoms with E-state index in [2.05, 4.69) is 56.5 Å². The maximum absolute atomic E-state index is 11.9. The molecule has 13 heteroatoms. The van der Waals surface area contributed by atoms with E-state index in [9.17, 15) is 18.6 Å². The minimum Gasteiger partial charge on any atom is -0.456 e. The number of nitrogens with one attached hydrogen (secondary N) is 2. The summed E-state index contributed by atoms with van der Waals surface area (Å²) in [6.07, 6.45) is 14.8. The number of nitrogens with zero attached hydrogens (tertiary/aromatic N) is 4. The Morgan fingerprint density at radius 1 is 0.982 bits per heavy atom. The summed E-state index contributed by atoms with van der Waals surface area (Å²) in [7, 11) is 0.997. The summed E-state index contributed by atoms with van der Waals surface area (Å²) < 4.78 is 18.3. The van der Waals surface area contributed by atoms with Crippen molar-refractivity contribution in [3.63, 3.8) is 0 Å². The normalized spacial score (nSPS) is 16.8. The van der Waals surface area contributed by atoms with Gasteiger partial charge in [0.15, 0.2) is 6.61 Å². The number of amides is 2. The average Bonchev–Trinajstić information content (AvgIpc) is 3.67. The Labute approximate surface area is 339 Å². The van der Waals surface area contributed by atoms with E-state index >= 15 is 0 Å². The van der Waals surface area contributed by atoms with Gasteiger partial charge in [-0.05, 0) is 99.5 Å². The molecule has 2 aromatic carbocycles. The number of unbranched alkanes of at least 4 members (excludes halogenated alkanes) is 2. The predicted octanol–water partition coefficient (Wildman–Crippen LogP) is 6.64. The zero-order chi connectivity index (χ0) is 41.0. The number of hydrogen-bond donors (Lipinski definition) is 3. The third kappa shape index (κ3) is 15.3. The van der Waals surface area contributed by atoms with Crippen molar-refractivity contribution in [2.75, 3.05) is 74.9 Å². The van der Waals surface area contributed by atoms with Crippen LogP contribution >= 0.6 is 0 Å². The smallest absolute Gasteiger partial charge is 0.303 e. The molecule has 2 atom stereocenters. The van der Waals surface area contributed by atoms with Gasteiger partial charge in [0, 0.05) is 59.0 Å². The lowest BCUT2D eigenvalue weighted by Gasteiger charge is -2.39. The standard InChI is InChI=1S/C19H33N3O.C15H26N2O4S.C9H12N2/c1-4-6-7-12-18(10-5-2)22(16-23)15-14-17-11-8-9-13-19(17)21(3)20;1-12(18)21-11-15(19)16-7-3-13(4-8-16)14-5-9-17(10-6-14)22(2)20;1-6-3-7(2)9-8(4-6)10-5-11-9/h8-9,11,13,16,18H,4-7,10,12,14-15,20H2,1-3H3;13-14H,3-11H2,1-2H3;3-4,10-11H,5H2,1-2H3. The van der Waals surface area contributed by atoms with Gasteiger partial charge in [0.05, 0.1) is 34.7 Å². The Balaban J connectivity index is 0.000000238. The number of nitrogens with two attached hydrogens (primary N) is 1. The first-order valence-corrected chi connectivity index (χ1v) is 22.3. The zero-order valence-corrected chi connectivity index (χ0v) is 36.1. The summed E-state index contributed by atoms with van der Waals surface area (Å²) in [5.41, 5.74) is 7.35. The number of fused-ring (bicyclic) bond motifs is 1. The molecule has 3 aliphatic heterocycles. The molecule has 0 aliphatic carbocycles. The van der Waals surface area contributed by atoms with Gasteiger partial charge in [-0.3, -0.25) is 14.4 Å². The van der Waals surface area contributed by atoms with Gasteiger partial charge in [-0.25, -0.2) is 14.4 Å². The maximum Gasteiger partial charge on any atom is 0.303 e. The molecule has 4 N–H and O–H groups in total. The van der Waals surface area contributed by atoms with E-state index in [0.717, 1.165) is 103 Å². The first kappa shape index (κ1) is 46.7. The molecule has 0 aromatic heterocycles. The van der Waals surface area contributed by atoms with Gasteiger partial charge in [-0.2, -0.15) is 0 Å². The van der Waals surface area contributed by atoms with Gasteiger partial charge >= 0.3 is 5.97 Å². The van der Waals surface area contributed by atoms with Crippen molar-refractivity contribution in [3.05, 3.63) is 53.1 Å². The maximum atomic E-state index is 11.9. The van der Waals surface area contributed by atoms with Crippen molar-refractivity contribution in [2.45, 2.75) is 111 Å². The topological polar surface area (TPSA) is 141 Å². The molecule has 56 heavy (non-hydrogen) atoms. The number of ether oxygens (including phenoxy) is 1. The van der Waals surface area contributed by atoms with Gasteiger partial charge in [-0.1, -0.05) is 63.8 Å². The molecule has 2 fully saturated rings. The van der Waals surface area contributed by atoms with E-state index in [4.69, 9.17) is 10.6 Å². The molecule has 0 spiro atoms. The molecular weight excluding hydrogens is 727 g/mol. The lowest BCUT2D eigenvalue weighted by atomic mass is 9.79. The highest BCUT2D eigenvalue weighted by Crippen LogP contribution is 2.33. The zero-order valence-electron chi connectivity index (χ0n) is 35.3. The molecule has 2 saturated heterocycles. The number of hydrazine groups is 1. The van der Waals surface area contributed by atoms with Crippen molar-refractivity contribution in [1.29, 1.82) is 0 Å². The Morgan fingerprint density at radius 3 is 2.23 bits per heavy atom. The molecule has 0 bridgehead atoms. The number of benzene rings is 2. The van der Waals surface area contributed by atoms with Crippen molar-refractivity contribution in [3.8, 4) is 0 Å². The predicted molar refractivity (Wildman–Crippen MR) is 231 cm³/mol. The van der Waals surface area contributed by atoms with E-state index in [0.29, 0.717) is 17.9 Å². The van der Waals surface area contributed by atoms with Crippen LogP contribution in [0.4, 0.5) is 17.1 Å². The number of para-hydroxylation sites is 1. The number of likely N-dealkylation sites (tertiary alicyclic amines) is 1.